The second-order valence-electron chi connectivity index (χ2n) is 3.94. The number of rotatable bonds is 5. The lowest BCUT2D eigenvalue weighted by Crippen LogP contribution is -1.86. The van der Waals surface area contributed by atoms with E-state index >= 15 is 0 Å². The Morgan fingerprint density at radius 3 is 2.44 bits per heavy atom. The second-order valence-corrected chi connectivity index (χ2v) is 4.99. The highest BCUT2D eigenvalue weighted by Gasteiger charge is 1.99. The lowest BCUT2D eigenvalue weighted by molar-refractivity contribution is 0.282. The van der Waals surface area contributed by atoms with Crippen molar-refractivity contribution in [1.29, 1.82) is 0 Å². The molecular weight excluding hydrogens is 244 g/mol. The van der Waals surface area contributed by atoms with E-state index in [0.717, 1.165) is 17.1 Å². The fourth-order valence-corrected chi connectivity index (χ4v) is 2.50. The average molecular weight is 260 g/mol. The Balaban J connectivity index is 1.97. The van der Waals surface area contributed by atoms with Crippen LogP contribution in [-0.4, -0.2) is 12.2 Å². The minimum Gasteiger partial charge on any atom is -0.497 e. The first-order valence-corrected chi connectivity index (χ1v) is 6.76. The van der Waals surface area contributed by atoms with E-state index in [4.69, 9.17) is 9.84 Å². The topological polar surface area (TPSA) is 29.5 Å². The van der Waals surface area contributed by atoms with Crippen LogP contribution in [0.5, 0.6) is 5.75 Å². The first-order valence-electron chi connectivity index (χ1n) is 5.77. The van der Waals surface area contributed by atoms with E-state index in [1.54, 1.807) is 18.9 Å². The van der Waals surface area contributed by atoms with Crippen LogP contribution in [0.15, 0.2) is 53.4 Å². The molecule has 2 aromatic carbocycles. The zero-order valence-electron chi connectivity index (χ0n) is 10.3. The molecule has 0 aliphatic heterocycles. The average Bonchev–Trinajstić information content (AvgIpc) is 2.46. The third kappa shape index (κ3) is 3.52. The molecule has 2 aromatic rings. The maximum absolute atomic E-state index is 8.97. The second kappa shape index (κ2) is 6.47. The molecule has 0 heterocycles. The van der Waals surface area contributed by atoms with Crippen molar-refractivity contribution in [3.63, 3.8) is 0 Å². The number of ether oxygens (including phenoxy) is 1. The van der Waals surface area contributed by atoms with Gasteiger partial charge in [0.2, 0.25) is 0 Å². The van der Waals surface area contributed by atoms with Crippen molar-refractivity contribution in [2.24, 2.45) is 0 Å². The van der Waals surface area contributed by atoms with E-state index in [1.165, 1.54) is 10.5 Å². The largest absolute Gasteiger partial charge is 0.497 e. The number of thioether (sulfide) groups is 1. The van der Waals surface area contributed by atoms with Gasteiger partial charge in [-0.05, 0) is 29.3 Å². The molecule has 0 aromatic heterocycles. The van der Waals surface area contributed by atoms with Gasteiger partial charge in [-0.2, -0.15) is 0 Å². The summed E-state index contributed by atoms with van der Waals surface area (Å²) in [6, 6.07) is 16.1. The van der Waals surface area contributed by atoms with Crippen molar-refractivity contribution in [2.75, 3.05) is 7.11 Å². The van der Waals surface area contributed by atoms with Gasteiger partial charge in [0.05, 0.1) is 13.7 Å². The smallest absolute Gasteiger partial charge is 0.119 e. The van der Waals surface area contributed by atoms with Crippen molar-refractivity contribution in [3.05, 3.63) is 59.7 Å². The van der Waals surface area contributed by atoms with E-state index in [-0.39, 0.29) is 6.61 Å². The Kier molecular flexibility index (Phi) is 4.67. The minimum absolute atomic E-state index is 0.101. The van der Waals surface area contributed by atoms with Gasteiger partial charge in [0, 0.05) is 10.6 Å². The van der Waals surface area contributed by atoms with Gasteiger partial charge >= 0.3 is 0 Å². The first-order chi connectivity index (χ1) is 8.81. The summed E-state index contributed by atoms with van der Waals surface area (Å²) in [5.41, 5.74) is 2.20. The Hall–Kier alpha value is -1.45. The molecule has 2 rings (SSSR count). The summed E-state index contributed by atoms with van der Waals surface area (Å²) in [6.07, 6.45) is 0. The van der Waals surface area contributed by atoms with Crippen molar-refractivity contribution in [2.45, 2.75) is 17.3 Å². The minimum atomic E-state index is 0.101. The van der Waals surface area contributed by atoms with Crippen LogP contribution in [0.25, 0.3) is 0 Å². The van der Waals surface area contributed by atoms with E-state index in [1.807, 2.05) is 30.3 Å². The molecule has 0 atom stereocenters. The van der Waals surface area contributed by atoms with Crippen molar-refractivity contribution >= 4 is 11.8 Å². The lowest BCUT2D eigenvalue weighted by Gasteiger charge is -2.05. The number of aliphatic hydroxyl groups is 1. The molecule has 3 heteroatoms. The Bertz CT molecular complexity index is 494. The summed E-state index contributed by atoms with van der Waals surface area (Å²) < 4.78 is 5.20. The molecule has 0 fully saturated rings. The van der Waals surface area contributed by atoms with Gasteiger partial charge in [-0.15, -0.1) is 11.8 Å². The summed E-state index contributed by atoms with van der Waals surface area (Å²) in [7, 11) is 1.68. The highest BCUT2D eigenvalue weighted by atomic mass is 32.2. The maximum Gasteiger partial charge on any atom is 0.119 e. The molecule has 0 aliphatic rings. The van der Waals surface area contributed by atoms with Crippen molar-refractivity contribution < 1.29 is 9.84 Å². The molecule has 0 unspecified atom stereocenters. The van der Waals surface area contributed by atoms with Gasteiger partial charge in [0.15, 0.2) is 0 Å². The third-order valence-electron chi connectivity index (χ3n) is 2.65. The first kappa shape index (κ1) is 13.0. The number of benzene rings is 2. The van der Waals surface area contributed by atoms with Gasteiger partial charge in [0.25, 0.3) is 0 Å². The third-order valence-corrected chi connectivity index (χ3v) is 3.72. The fourth-order valence-electron chi connectivity index (χ4n) is 1.60. The molecule has 18 heavy (non-hydrogen) atoms. The highest BCUT2D eigenvalue weighted by molar-refractivity contribution is 7.98. The molecule has 0 spiro atoms. The van der Waals surface area contributed by atoms with Crippen LogP contribution in [0, 0.1) is 0 Å². The zero-order valence-corrected chi connectivity index (χ0v) is 11.1. The summed E-state index contributed by atoms with van der Waals surface area (Å²) in [4.78, 5) is 1.19. The molecular formula is C15H16O2S. The fraction of sp³-hybridized carbons (Fsp3) is 0.200. The lowest BCUT2D eigenvalue weighted by atomic mass is 10.2. The molecule has 0 saturated heterocycles. The van der Waals surface area contributed by atoms with Gasteiger partial charge in [-0.1, -0.05) is 30.3 Å². The quantitative estimate of drug-likeness (QED) is 0.835. The van der Waals surface area contributed by atoms with Gasteiger partial charge < -0.3 is 9.84 Å². The monoisotopic (exact) mass is 260 g/mol. The number of aliphatic hydroxyl groups excluding tert-OH is 1. The number of hydrogen-bond acceptors (Lipinski definition) is 3. The number of methoxy groups -OCH3 is 1. The summed E-state index contributed by atoms with van der Waals surface area (Å²) in [5, 5.41) is 8.97. The van der Waals surface area contributed by atoms with Gasteiger partial charge in [0.1, 0.15) is 5.75 Å². The van der Waals surface area contributed by atoms with Crippen molar-refractivity contribution in [1.82, 2.24) is 0 Å². The number of hydrogen-bond donors (Lipinski definition) is 1. The molecule has 94 valence electrons. The highest BCUT2D eigenvalue weighted by Crippen LogP contribution is 2.26. The molecule has 0 bridgehead atoms. The molecule has 2 nitrogen and oxygen atoms in total. The molecule has 0 saturated carbocycles. The van der Waals surface area contributed by atoms with E-state index < -0.39 is 0 Å². The molecule has 0 amide bonds. The Morgan fingerprint density at radius 2 is 1.78 bits per heavy atom. The Morgan fingerprint density at radius 1 is 1.06 bits per heavy atom. The zero-order chi connectivity index (χ0) is 12.8. The van der Waals surface area contributed by atoms with Crippen LogP contribution in [0.2, 0.25) is 0 Å². The normalized spacial score (nSPS) is 10.3. The summed E-state index contributed by atoms with van der Waals surface area (Å²) in [5.74, 6) is 1.80. The maximum atomic E-state index is 8.97. The van der Waals surface area contributed by atoms with E-state index in [2.05, 4.69) is 18.2 Å². The van der Waals surface area contributed by atoms with E-state index in [9.17, 15) is 0 Å². The molecule has 0 aliphatic carbocycles. The van der Waals surface area contributed by atoms with E-state index in [0.29, 0.717) is 0 Å². The van der Waals surface area contributed by atoms with Gasteiger partial charge in [-0.25, -0.2) is 0 Å². The predicted molar refractivity (Wildman–Crippen MR) is 74.9 cm³/mol. The summed E-state index contributed by atoms with van der Waals surface area (Å²) >= 11 is 1.77. The standard InChI is InChI=1S/C15H16O2S/c1-17-14-3-2-4-15(9-14)18-11-13-7-5-12(10-16)6-8-13/h2-9,16H,10-11H2,1H3. The Labute approximate surface area is 112 Å². The molecule has 1 N–H and O–H groups in total. The molecule has 0 radical (unpaired) electrons. The van der Waals surface area contributed by atoms with Crippen LogP contribution in [-0.2, 0) is 12.4 Å². The SMILES string of the molecule is COc1cccc(SCc2ccc(CO)cc2)c1. The van der Waals surface area contributed by atoms with Crippen LogP contribution in [0.3, 0.4) is 0 Å². The van der Waals surface area contributed by atoms with Crippen LogP contribution in [0.4, 0.5) is 0 Å². The summed E-state index contributed by atoms with van der Waals surface area (Å²) in [6.45, 7) is 0.101. The van der Waals surface area contributed by atoms with Crippen LogP contribution in [0.1, 0.15) is 11.1 Å². The van der Waals surface area contributed by atoms with Crippen LogP contribution >= 0.6 is 11.8 Å². The van der Waals surface area contributed by atoms with Gasteiger partial charge in [-0.3, -0.25) is 0 Å². The van der Waals surface area contributed by atoms with Crippen molar-refractivity contribution in [3.8, 4) is 5.75 Å². The van der Waals surface area contributed by atoms with Crippen LogP contribution < -0.4 is 4.74 Å². The predicted octanol–water partition coefficient (Wildman–Crippen LogP) is 3.48.